The smallest absolute Gasteiger partial charge is 0.127 e. The van der Waals surface area contributed by atoms with E-state index in [1.807, 2.05) is 6.07 Å². The molecule has 2 aromatic carbocycles. The van der Waals surface area contributed by atoms with Crippen molar-refractivity contribution in [3.63, 3.8) is 0 Å². The highest BCUT2D eigenvalue weighted by Crippen LogP contribution is 2.28. The van der Waals surface area contributed by atoms with E-state index in [2.05, 4.69) is 23.5 Å². The molecule has 98 valence electrons. The summed E-state index contributed by atoms with van der Waals surface area (Å²) in [4.78, 5) is 0. The molecule has 0 fully saturated rings. The number of benzene rings is 2. The maximum atomic E-state index is 13.8. The van der Waals surface area contributed by atoms with E-state index in [1.165, 1.54) is 11.6 Å². The normalized spacial score (nSPS) is 17.7. The highest BCUT2D eigenvalue weighted by Gasteiger charge is 2.19. The van der Waals surface area contributed by atoms with Gasteiger partial charge in [-0.05, 0) is 43.0 Å². The number of hydrogen-bond donors (Lipinski definition) is 1. The molecule has 0 spiro atoms. The Morgan fingerprint density at radius 1 is 1.16 bits per heavy atom. The average Bonchev–Trinajstić information content (AvgIpc) is 2.43. The van der Waals surface area contributed by atoms with Crippen molar-refractivity contribution in [2.24, 2.45) is 0 Å². The summed E-state index contributed by atoms with van der Waals surface area (Å²) in [5.41, 5.74) is 3.10. The third kappa shape index (κ3) is 2.59. The first-order chi connectivity index (χ1) is 9.24. The van der Waals surface area contributed by atoms with E-state index in [1.54, 1.807) is 12.1 Å². The number of halogens is 2. The number of anilines is 1. The van der Waals surface area contributed by atoms with Gasteiger partial charge in [0.05, 0.1) is 0 Å². The Bertz CT molecular complexity index is 577. The molecule has 0 bridgehead atoms. The molecule has 1 atom stereocenters. The summed E-state index contributed by atoms with van der Waals surface area (Å²) >= 11 is 6.08. The van der Waals surface area contributed by atoms with E-state index in [-0.39, 0.29) is 11.9 Å². The van der Waals surface area contributed by atoms with Gasteiger partial charge in [0, 0.05) is 22.3 Å². The standard InChI is InChI=1S/C16H15ClFN/c17-14-5-3-6-15(18)13(14)10-12-9-8-11-4-1-2-7-16(11)19-12/h1-7,12,19H,8-10H2. The SMILES string of the molecule is Fc1cccc(Cl)c1CC1CCc2ccccc2N1. The molecular formula is C16H15ClFN. The summed E-state index contributed by atoms with van der Waals surface area (Å²) in [6.45, 7) is 0. The minimum absolute atomic E-state index is 0.215. The van der Waals surface area contributed by atoms with E-state index in [9.17, 15) is 4.39 Å². The quantitative estimate of drug-likeness (QED) is 0.854. The van der Waals surface area contributed by atoms with Crippen LogP contribution in [0.25, 0.3) is 0 Å². The van der Waals surface area contributed by atoms with Crippen molar-refractivity contribution in [2.75, 3.05) is 5.32 Å². The molecule has 0 amide bonds. The van der Waals surface area contributed by atoms with Crippen molar-refractivity contribution in [1.29, 1.82) is 0 Å². The maximum Gasteiger partial charge on any atom is 0.127 e. The Hall–Kier alpha value is -1.54. The van der Waals surface area contributed by atoms with E-state index in [0.717, 1.165) is 18.5 Å². The molecule has 0 radical (unpaired) electrons. The lowest BCUT2D eigenvalue weighted by Crippen LogP contribution is -2.28. The van der Waals surface area contributed by atoms with Crippen LogP contribution < -0.4 is 5.32 Å². The molecule has 2 aromatic rings. The van der Waals surface area contributed by atoms with Gasteiger partial charge >= 0.3 is 0 Å². The Morgan fingerprint density at radius 2 is 2.00 bits per heavy atom. The summed E-state index contributed by atoms with van der Waals surface area (Å²) < 4.78 is 13.8. The molecular weight excluding hydrogens is 261 g/mol. The third-order valence-corrected chi connectivity index (χ3v) is 4.01. The topological polar surface area (TPSA) is 12.0 Å². The molecule has 0 saturated carbocycles. The molecule has 1 aliphatic rings. The second-order valence-corrected chi connectivity index (χ2v) is 5.35. The van der Waals surface area contributed by atoms with Crippen molar-refractivity contribution >= 4 is 17.3 Å². The van der Waals surface area contributed by atoms with E-state index >= 15 is 0 Å². The van der Waals surface area contributed by atoms with E-state index < -0.39 is 0 Å². The van der Waals surface area contributed by atoms with Gasteiger partial charge in [-0.15, -0.1) is 0 Å². The van der Waals surface area contributed by atoms with Crippen LogP contribution in [0, 0.1) is 5.82 Å². The first-order valence-electron chi connectivity index (χ1n) is 6.51. The van der Waals surface area contributed by atoms with Crippen LogP contribution in [0.15, 0.2) is 42.5 Å². The number of nitrogens with one attached hydrogen (secondary N) is 1. The third-order valence-electron chi connectivity index (χ3n) is 3.65. The van der Waals surface area contributed by atoms with Crippen molar-refractivity contribution in [3.8, 4) is 0 Å². The van der Waals surface area contributed by atoms with Crippen LogP contribution in [0.4, 0.5) is 10.1 Å². The van der Waals surface area contributed by atoms with Gasteiger partial charge in [-0.3, -0.25) is 0 Å². The average molecular weight is 276 g/mol. The van der Waals surface area contributed by atoms with E-state index in [0.29, 0.717) is 17.0 Å². The molecule has 19 heavy (non-hydrogen) atoms. The summed E-state index contributed by atoms with van der Waals surface area (Å²) in [6, 6.07) is 13.4. The lowest BCUT2D eigenvalue weighted by molar-refractivity contribution is 0.576. The van der Waals surface area contributed by atoms with Crippen LogP contribution in [-0.2, 0) is 12.8 Å². The molecule has 0 aliphatic carbocycles. The van der Waals surface area contributed by atoms with E-state index in [4.69, 9.17) is 11.6 Å². The number of fused-ring (bicyclic) bond motifs is 1. The second kappa shape index (κ2) is 5.22. The molecule has 1 aliphatic heterocycles. The van der Waals surface area contributed by atoms with Crippen molar-refractivity contribution in [2.45, 2.75) is 25.3 Å². The fourth-order valence-corrected chi connectivity index (χ4v) is 2.87. The highest BCUT2D eigenvalue weighted by atomic mass is 35.5. The predicted molar refractivity (Wildman–Crippen MR) is 77.3 cm³/mol. The van der Waals surface area contributed by atoms with Crippen LogP contribution in [0.2, 0.25) is 5.02 Å². The minimum Gasteiger partial charge on any atom is -0.382 e. The summed E-state index contributed by atoms with van der Waals surface area (Å²) in [5, 5.41) is 3.99. The Morgan fingerprint density at radius 3 is 2.84 bits per heavy atom. The molecule has 1 nitrogen and oxygen atoms in total. The molecule has 1 unspecified atom stereocenters. The second-order valence-electron chi connectivity index (χ2n) is 4.94. The van der Waals surface area contributed by atoms with Gasteiger partial charge in [-0.25, -0.2) is 4.39 Å². The molecule has 0 saturated heterocycles. The molecule has 3 rings (SSSR count). The number of aryl methyl sites for hydroxylation is 1. The van der Waals surface area contributed by atoms with Crippen molar-refractivity contribution < 1.29 is 4.39 Å². The van der Waals surface area contributed by atoms with Crippen LogP contribution in [-0.4, -0.2) is 6.04 Å². The zero-order valence-electron chi connectivity index (χ0n) is 10.5. The summed E-state index contributed by atoms with van der Waals surface area (Å²) in [6.07, 6.45) is 2.65. The lowest BCUT2D eigenvalue weighted by Gasteiger charge is -2.27. The van der Waals surface area contributed by atoms with Gasteiger partial charge in [0.25, 0.3) is 0 Å². The van der Waals surface area contributed by atoms with Gasteiger partial charge in [0.2, 0.25) is 0 Å². The number of rotatable bonds is 2. The molecule has 3 heteroatoms. The molecule has 1 heterocycles. The van der Waals surface area contributed by atoms with Crippen LogP contribution in [0.1, 0.15) is 17.5 Å². The predicted octanol–water partition coefficient (Wildman–Crippen LogP) is 4.45. The minimum atomic E-state index is -0.215. The fourth-order valence-electron chi connectivity index (χ4n) is 2.63. The zero-order chi connectivity index (χ0) is 13.2. The largest absolute Gasteiger partial charge is 0.382 e. The fraction of sp³-hybridized carbons (Fsp3) is 0.250. The monoisotopic (exact) mass is 275 g/mol. The van der Waals surface area contributed by atoms with Crippen molar-refractivity contribution in [1.82, 2.24) is 0 Å². The number of hydrogen-bond acceptors (Lipinski definition) is 1. The van der Waals surface area contributed by atoms with Crippen LogP contribution in [0.5, 0.6) is 0 Å². The zero-order valence-corrected chi connectivity index (χ0v) is 11.3. The number of para-hydroxylation sites is 1. The lowest BCUT2D eigenvalue weighted by atomic mass is 9.94. The van der Waals surface area contributed by atoms with Gasteiger partial charge < -0.3 is 5.32 Å². The molecule has 1 N–H and O–H groups in total. The van der Waals surface area contributed by atoms with Gasteiger partial charge in [-0.2, -0.15) is 0 Å². The van der Waals surface area contributed by atoms with Gasteiger partial charge in [0.15, 0.2) is 0 Å². The first kappa shape index (κ1) is 12.5. The highest BCUT2D eigenvalue weighted by molar-refractivity contribution is 6.31. The maximum absolute atomic E-state index is 13.8. The Labute approximate surface area is 117 Å². The Balaban J connectivity index is 1.79. The molecule has 0 aromatic heterocycles. The summed E-state index contributed by atoms with van der Waals surface area (Å²) in [7, 11) is 0. The van der Waals surface area contributed by atoms with Crippen LogP contribution in [0.3, 0.4) is 0 Å². The van der Waals surface area contributed by atoms with Crippen molar-refractivity contribution in [3.05, 3.63) is 64.4 Å². The Kier molecular flexibility index (Phi) is 3.43. The van der Waals surface area contributed by atoms with Gasteiger partial charge in [0.1, 0.15) is 5.82 Å². The van der Waals surface area contributed by atoms with Gasteiger partial charge in [-0.1, -0.05) is 35.9 Å². The summed E-state index contributed by atoms with van der Waals surface area (Å²) in [5.74, 6) is -0.215. The van der Waals surface area contributed by atoms with Crippen LogP contribution >= 0.6 is 11.6 Å². The first-order valence-corrected chi connectivity index (χ1v) is 6.89.